The van der Waals surface area contributed by atoms with E-state index >= 15 is 0 Å². The predicted octanol–water partition coefficient (Wildman–Crippen LogP) is 4.10. The summed E-state index contributed by atoms with van der Waals surface area (Å²) in [5, 5.41) is 5.39. The van der Waals surface area contributed by atoms with Gasteiger partial charge in [0, 0.05) is 38.3 Å². The first-order valence-corrected chi connectivity index (χ1v) is 10.0. The van der Waals surface area contributed by atoms with Gasteiger partial charge in [-0.1, -0.05) is 24.6 Å². The van der Waals surface area contributed by atoms with Gasteiger partial charge in [-0.15, -0.1) is 11.3 Å². The Hall–Kier alpha value is -2.05. The minimum absolute atomic E-state index is 0.00276. The van der Waals surface area contributed by atoms with Crippen molar-refractivity contribution in [2.45, 2.75) is 19.8 Å². The maximum absolute atomic E-state index is 12.4. The second-order valence-corrected chi connectivity index (χ2v) is 7.58. The van der Waals surface area contributed by atoms with Gasteiger partial charge >= 0.3 is 0 Å². The Morgan fingerprint density at radius 3 is 2.58 bits per heavy atom. The molecule has 0 atom stereocenters. The molecule has 0 bridgehead atoms. The average Bonchev–Trinajstić information content (AvgIpc) is 3.16. The number of hydrogen-bond acceptors (Lipinski definition) is 4. The molecular weight excluding hydrogens is 370 g/mol. The number of carbonyl (C=O) groups is 2. The number of nitrogens with one attached hydrogen (secondary N) is 1. The molecule has 0 aliphatic carbocycles. The Morgan fingerprint density at radius 2 is 1.96 bits per heavy atom. The number of benzene rings is 1. The molecule has 3 rings (SSSR count). The summed E-state index contributed by atoms with van der Waals surface area (Å²) in [6, 6.07) is 9.35. The normalized spacial score (nSPS) is 14.4. The molecule has 5 nitrogen and oxygen atoms in total. The lowest BCUT2D eigenvalue weighted by Crippen LogP contribution is -2.48. The van der Waals surface area contributed by atoms with Crippen LogP contribution in [0.1, 0.15) is 29.4 Å². The predicted molar refractivity (Wildman–Crippen MR) is 107 cm³/mol. The number of hydrogen-bond donors (Lipinski definition) is 1. The highest BCUT2D eigenvalue weighted by molar-refractivity contribution is 7.12. The van der Waals surface area contributed by atoms with Crippen molar-refractivity contribution in [2.24, 2.45) is 0 Å². The zero-order valence-electron chi connectivity index (χ0n) is 14.7. The standard InChI is InChI=1S/C19H22ClN3O2S/c1-2-4-18(24)21-14-6-7-16(15(20)13-14)22-8-10-23(11-9-22)19(25)17-5-3-12-26-17/h3,5-7,12-13H,2,4,8-11H2,1H3,(H,21,24). The lowest BCUT2D eigenvalue weighted by Gasteiger charge is -2.36. The molecule has 7 heteroatoms. The van der Waals surface area contributed by atoms with Gasteiger partial charge in [0.1, 0.15) is 0 Å². The maximum Gasteiger partial charge on any atom is 0.264 e. The van der Waals surface area contributed by atoms with Gasteiger partial charge in [0.15, 0.2) is 0 Å². The van der Waals surface area contributed by atoms with E-state index in [1.54, 1.807) is 6.07 Å². The highest BCUT2D eigenvalue weighted by Crippen LogP contribution is 2.30. The van der Waals surface area contributed by atoms with E-state index < -0.39 is 0 Å². The second kappa shape index (κ2) is 8.56. The molecule has 1 aliphatic rings. The van der Waals surface area contributed by atoms with Gasteiger partial charge in [-0.25, -0.2) is 0 Å². The SMILES string of the molecule is CCCC(=O)Nc1ccc(N2CCN(C(=O)c3cccs3)CC2)c(Cl)c1. The summed E-state index contributed by atoms with van der Waals surface area (Å²) in [5.74, 6) is 0.0942. The zero-order valence-corrected chi connectivity index (χ0v) is 16.3. The van der Waals surface area contributed by atoms with Gasteiger partial charge in [0.05, 0.1) is 15.6 Å². The molecule has 0 unspecified atom stereocenters. The summed E-state index contributed by atoms with van der Waals surface area (Å²) in [6.45, 7) is 4.78. The van der Waals surface area contributed by atoms with Crippen LogP contribution in [-0.2, 0) is 4.79 Å². The van der Waals surface area contributed by atoms with Crippen molar-refractivity contribution in [3.8, 4) is 0 Å². The minimum Gasteiger partial charge on any atom is -0.367 e. The van der Waals surface area contributed by atoms with Crippen LogP contribution in [0.5, 0.6) is 0 Å². The number of amides is 2. The van der Waals surface area contributed by atoms with Crippen molar-refractivity contribution in [3.63, 3.8) is 0 Å². The Bertz CT molecular complexity index is 771. The van der Waals surface area contributed by atoms with E-state index in [2.05, 4.69) is 10.2 Å². The van der Waals surface area contributed by atoms with Crippen molar-refractivity contribution in [1.82, 2.24) is 4.90 Å². The fraction of sp³-hybridized carbons (Fsp3) is 0.368. The molecule has 138 valence electrons. The molecule has 1 aromatic carbocycles. The number of anilines is 2. The molecule has 1 fully saturated rings. The summed E-state index contributed by atoms with van der Waals surface area (Å²) < 4.78 is 0. The number of nitrogens with zero attached hydrogens (tertiary/aromatic N) is 2. The van der Waals surface area contributed by atoms with Crippen molar-refractivity contribution in [3.05, 3.63) is 45.6 Å². The number of piperazine rings is 1. The van der Waals surface area contributed by atoms with E-state index in [9.17, 15) is 9.59 Å². The molecule has 2 aromatic rings. The van der Waals surface area contributed by atoms with Crippen LogP contribution in [-0.4, -0.2) is 42.9 Å². The topological polar surface area (TPSA) is 52.7 Å². The van der Waals surface area contributed by atoms with E-state index in [-0.39, 0.29) is 11.8 Å². The number of thiophene rings is 1. The number of rotatable bonds is 5. The lowest BCUT2D eigenvalue weighted by atomic mass is 10.2. The Balaban J connectivity index is 1.60. The van der Waals surface area contributed by atoms with E-state index in [4.69, 9.17) is 11.6 Å². The first-order valence-electron chi connectivity index (χ1n) is 8.75. The Morgan fingerprint density at radius 1 is 1.19 bits per heavy atom. The fourth-order valence-corrected chi connectivity index (χ4v) is 3.99. The quantitative estimate of drug-likeness (QED) is 0.834. The van der Waals surface area contributed by atoms with Crippen molar-refractivity contribution in [1.29, 1.82) is 0 Å². The first-order chi connectivity index (χ1) is 12.6. The van der Waals surface area contributed by atoms with Crippen LogP contribution in [0.15, 0.2) is 35.7 Å². The molecule has 1 N–H and O–H groups in total. The average molecular weight is 392 g/mol. The third-order valence-corrected chi connectivity index (χ3v) is 5.51. The van der Waals surface area contributed by atoms with Crippen LogP contribution in [0, 0.1) is 0 Å². The Kier molecular flexibility index (Phi) is 6.16. The Labute approximate surface area is 162 Å². The van der Waals surface area contributed by atoms with Gasteiger partial charge in [-0.2, -0.15) is 0 Å². The van der Waals surface area contributed by atoms with Crippen LogP contribution in [0.4, 0.5) is 11.4 Å². The molecular formula is C19H22ClN3O2S. The molecule has 1 saturated heterocycles. The lowest BCUT2D eigenvalue weighted by molar-refractivity contribution is -0.116. The molecule has 1 aliphatic heterocycles. The van der Waals surface area contributed by atoms with Crippen molar-refractivity contribution in [2.75, 3.05) is 36.4 Å². The molecule has 2 heterocycles. The van der Waals surface area contributed by atoms with Crippen LogP contribution >= 0.6 is 22.9 Å². The highest BCUT2D eigenvalue weighted by Gasteiger charge is 2.23. The summed E-state index contributed by atoms with van der Waals surface area (Å²) in [7, 11) is 0. The van der Waals surface area contributed by atoms with Crippen LogP contribution in [0.25, 0.3) is 0 Å². The van der Waals surface area contributed by atoms with Gasteiger partial charge in [-0.3, -0.25) is 9.59 Å². The second-order valence-electron chi connectivity index (χ2n) is 6.22. The third kappa shape index (κ3) is 4.37. The maximum atomic E-state index is 12.4. The minimum atomic E-state index is -0.00276. The largest absolute Gasteiger partial charge is 0.367 e. The molecule has 26 heavy (non-hydrogen) atoms. The first kappa shape index (κ1) is 18.7. The van der Waals surface area contributed by atoms with E-state index in [1.807, 2.05) is 41.5 Å². The molecule has 1 aromatic heterocycles. The third-order valence-electron chi connectivity index (χ3n) is 4.35. The monoisotopic (exact) mass is 391 g/mol. The summed E-state index contributed by atoms with van der Waals surface area (Å²) in [6.07, 6.45) is 1.31. The summed E-state index contributed by atoms with van der Waals surface area (Å²) in [4.78, 5) is 29.0. The van der Waals surface area contributed by atoms with Gasteiger partial charge < -0.3 is 15.1 Å². The van der Waals surface area contributed by atoms with Crippen LogP contribution in [0.3, 0.4) is 0 Å². The van der Waals surface area contributed by atoms with Gasteiger partial charge in [0.2, 0.25) is 5.91 Å². The van der Waals surface area contributed by atoms with E-state index in [0.717, 1.165) is 30.1 Å². The van der Waals surface area contributed by atoms with Crippen LogP contribution in [0.2, 0.25) is 5.02 Å². The summed E-state index contributed by atoms with van der Waals surface area (Å²) in [5.41, 5.74) is 1.65. The summed E-state index contributed by atoms with van der Waals surface area (Å²) >= 11 is 7.91. The van der Waals surface area contributed by atoms with Gasteiger partial charge in [-0.05, 0) is 36.1 Å². The van der Waals surface area contributed by atoms with Crippen LogP contribution < -0.4 is 10.2 Å². The zero-order chi connectivity index (χ0) is 18.5. The molecule has 0 radical (unpaired) electrons. The van der Waals surface area contributed by atoms with Crippen molar-refractivity contribution < 1.29 is 9.59 Å². The number of halogens is 1. The highest BCUT2D eigenvalue weighted by atomic mass is 35.5. The van der Waals surface area contributed by atoms with E-state index in [1.165, 1.54) is 11.3 Å². The van der Waals surface area contributed by atoms with Gasteiger partial charge in [0.25, 0.3) is 5.91 Å². The number of carbonyl (C=O) groups excluding carboxylic acids is 2. The molecule has 0 spiro atoms. The van der Waals surface area contributed by atoms with Crippen molar-refractivity contribution >= 4 is 46.1 Å². The molecule has 0 saturated carbocycles. The fourth-order valence-electron chi connectivity index (χ4n) is 3.00. The van der Waals surface area contributed by atoms with E-state index in [0.29, 0.717) is 30.2 Å². The molecule has 2 amide bonds. The smallest absolute Gasteiger partial charge is 0.264 e.